The summed E-state index contributed by atoms with van der Waals surface area (Å²) in [6.45, 7) is 9.11. The predicted octanol–water partition coefficient (Wildman–Crippen LogP) is 5.25. The molecule has 0 spiro atoms. The number of likely N-dealkylation sites (tertiary alicyclic amines) is 1. The van der Waals surface area contributed by atoms with Crippen LogP contribution in [0.3, 0.4) is 0 Å². The number of carboxylic acids is 1. The number of hydrogen-bond donors (Lipinski definition) is 4. The molecule has 1 aliphatic heterocycles. The second-order valence-electron chi connectivity index (χ2n) is 12.6. The van der Waals surface area contributed by atoms with E-state index in [2.05, 4.69) is 35.0 Å². The molecule has 4 atom stereocenters. The molecule has 0 aliphatic carbocycles. The van der Waals surface area contributed by atoms with E-state index in [1.807, 2.05) is 0 Å². The van der Waals surface area contributed by atoms with Gasteiger partial charge in [0.1, 0.15) is 24.2 Å². The number of rotatable bonds is 23. The van der Waals surface area contributed by atoms with Gasteiger partial charge in [0.25, 0.3) is 0 Å². The van der Waals surface area contributed by atoms with Crippen LogP contribution in [0.15, 0.2) is 12.2 Å². The van der Waals surface area contributed by atoms with Crippen molar-refractivity contribution in [1.82, 2.24) is 20.9 Å². The van der Waals surface area contributed by atoms with Gasteiger partial charge in [-0.3, -0.25) is 19.2 Å². The van der Waals surface area contributed by atoms with Crippen molar-refractivity contribution in [3.63, 3.8) is 0 Å². The second kappa shape index (κ2) is 22.6. The van der Waals surface area contributed by atoms with Gasteiger partial charge in [0.05, 0.1) is 0 Å². The van der Waals surface area contributed by atoms with Gasteiger partial charge in [0, 0.05) is 13.0 Å². The third-order valence-electron chi connectivity index (χ3n) is 8.23. The van der Waals surface area contributed by atoms with E-state index in [4.69, 9.17) is 0 Å². The highest BCUT2D eigenvalue weighted by atomic mass is 16.4. The molecule has 252 valence electrons. The number of carbonyl (C=O) groups excluding carboxylic acids is 4. The van der Waals surface area contributed by atoms with Crippen molar-refractivity contribution < 1.29 is 29.1 Å². The Labute approximate surface area is 265 Å². The molecule has 1 fully saturated rings. The number of amides is 4. The topological polar surface area (TPSA) is 145 Å². The highest BCUT2D eigenvalue weighted by molar-refractivity contribution is 5.95. The van der Waals surface area contributed by atoms with Gasteiger partial charge in [-0.15, -0.1) is 0 Å². The lowest BCUT2D eigenvalue weighted by Crippen LogP contribution is -2.56. The predicted molar refractivity (Wildman–Crippen MR) is 174 cm³/mol. The first-order valence-corrected chi connectivity index (χ1v) is 17.1. The lowest BCUT2D eigenvalue weighted by molar-refractivity contribution is -0.145. The van der Waals surface area contributed by atoms with Gasteiger partial charge in [-0.05, 0) is 64.7 Å². The number of nitrogens with one attached hydrogen (secondary N) is 3. The second-order valence-corrected chi connectivity index (χ2v) is 12.6. The van der Waals surface area contributed by atoms with E-state index in [0.29, 0.717) is 25.8 Å². The summed E-state index contributed by atoms with van der Waals surface area (Å²) < 4.78 is 0. The SMILES string of the molecule is CCCCCCCC/C=C/CCCCCCCC(=O)N[C@@H](C)C(=O)N[C@@H](C)C(=O)N1CCC[C@H]1C(=O)N[C@H](C(=O)O)C(C)C. The number of carbonyl (C=O) groups is 5. The van der Waals surface area contributed by atoms with Gasteiger partial charge < -0.3 is 26.0 Å². The smallest absolute Gasteiger partial charge is 0.326 e. The molecule has 1 rings (SSSR count). The van der Waals surface area contributed by atoms with E-state index >= 15 is 0 Å². The van der Waals surface area contributed by atoms with Crippen molar-refractivity contribution >= 4 is 29.6 Å². The van der Waals surface area contributed by atoms with Gasteiger partial charge in [-0.1, -0.05) is 84.3 Å². The zero-order valence-corrected chi connectivity index (χ0v) is 28.0. The number of carboxylic acid groups (broad SMARTS) is 1. The van der Waals surface area contributed by atoms with E-state index in [1.165, 1.54) is 49.8 Å². The molecule has 0 saturated carbocycles. The number of allylic oxidation sites excluding steroid dienone is 2. The third kappa shape index (κ3) is 15.7. The third-order valence-corrected chi connectivity index (χ3v) is 8.23. The van der Waals surface area contributed by atoms with Crippen LogP contribution in [-0.4, -0.2) is 70.3 Å². The molecule has 0 aromatic heterocycles. The molecule has 0 unspecified atom stereocenters. The Morgan fingerprint density at radius 1 is 0.773 bits per heavy atom. The van der Waals surface area contributed by atoms with Crippen LogP contribution in [0.1, 0.15) is 137 Å². The lowest BCUT2D eigenvalue weighted by atomic mass is 10.0. The summed E-state index contributed by atoms with van der Waals surface area (Å²) in [4.78, 5) is 63.8. The molecule has 44 heavy (non-hydrogen) atoms. The fraction of sp³-hybridized carbons (Fsp3) is 0.794. The largest absolute Gasteiger partial charge is 0.480 e. The summed E-state index contributed by atoms with van der Waals surface area (Å²) >= 11 is 0. The molecule has 1 heterocycles. The van der Waals surface area contributed by atoms with Crippen LogP contribution in [0, 0.1) is 5.92 Å². The molecular formula is C34H60N4O6. The Kier molecular flexibility index (Phi) is 20.1. The Balaban J connectivity index is 2.27. The summed E-state index contributed by atoms with van der Waals surface area (Å²) in [5.41, 5.74) is 0. The van der Waals surface area contributed by atoms with E-state index in [-0.39, 0.29) is 11.8 Å². The molecule has 0 radical (unpaired) electrons. The van der Waals surface area contributed by atoms with Crippen molar-refractivity contribution in [2.24, 2.45) is 5.92 Å². The number of hydrogen-bond acceptors (Lipinski definition) is 5. The highest BCUT2D eigenvalue weighted by Gasteiger charge is 2.38. The molecule has 1 saturated heterocycles. The van der Waals surface area contributed by atoms with Gasteiger partial charge in [0.15, 0.2) is 0 Å². The summed E-state index contributed by atoms with van der Waals surface area (Å²) in [5, 5.41) is 17.3. The summed E-state index contributed by atoms with van der Waals surface area (Å²) in [5.74, 6) is -3.04. The van der Waals surface area contributed by atoms with Crippen molar-refractivity contribution in [2.75, 3.05) is 6.54 Å². The fourth-order valence-electron chi connectivity index (χ4n) is 5.45. The molecule has 4 N–H and O–H groups in total. The molecule has 0 bridgehead atoms. The highest BCUT2D eigenvalue weighted by Crippen LogP contribution is 2.19. The molecule has 0 aromatic rings. The minimum atomic E-state index is -1.13. The minimum absolute atomic E-state index is 0.196. The van der Waals surface area contributed by atoms with E-state index in [0.717, 1.165) is 38.5 Å². The quantitative estimate of drug-likeness (QED) is 0.0907. The molecule has 0 aromatic carbocycles. The molecule has 1 aliphatic rings. The average molecular weight is 621 g/mol. The van der Waals surface area contributed by atoms with Gasteiger partial charge >= 0.3 is 5.97 Å². The van der Waals surface area contributed by atoms with Crippen LogP contribution < -0.4 is 16.0 Å². The van der Waals surface area contributed by atoms with Crippen molar-refractivity contribution in [3.05, 3.63) is 12.2 Å². The van der Waals surface area contributed by atoms with Crippen LogP contribution in [0.5, 0.6) is 0 Å². The fourth-order valence-corrected chi connectivity index (χ4v) is 5.45. The van der Waals surface area contributed by atoms with Gasteiger partial charge in [-0.25, -0.2) is 4.79 Å². The summed E-state index contributed by atoms with van der Waals surface area (Å²) in [6, 6.07) is -3.54. The van der Waals surface area contributed by atoms with Gasteiger partial charge in [0.2, 0.25) is 23.6 Å². The molecule has 10 nitrogen and oxygen atoms in total. The molecule has 10 heteroatoms. The molecule has 4 amide bonds. The first-order chi connectivity index (χ1) is 21.0. The summed E-state index contributed by atoms with van der Waals surface area (Å²) in [7, 11) is 0. The number of unbranched alkanes of at least 4 members (excludes halogenated alkanes) is 11. The van der Waals surface area contributed by atoms with Crippen molar-refractivity contribution in [3.8, 4) is 0 Å². The zero-order valence-electron chi connectivity index (χ0n) is 28.0. The Bertz CT molecular complexity index is 921. The van der Waals surface area contributed by atoms with E-state index in [9.17, 15) is 29.1 Å². The van der Waals surface area contributed by atoms with Crippen LogP contribution in [0.2, 0.25) is 0 Å². The van der Waals surface area contributed by atoms with Crippen molar-refractivity contribution in [2.45, 2.75) is 162 Å². The van der Waals surface area contributed by atoms with Crippen molar-refractivity contribution in [1.29, 1.82) is 0 Å². The Morgan fingerprint density at radius 3 is 1.91 bits per heavy atom. The van der Waals surface area contributed by atoms with Crippen LogP contribution in [0.4, 0.5) is 0 Å². The molecular weight excluding hydrogens is 560 g/mol. The van der Waals surface area contributed by atoms with Gasteiger partial charge in [-0.2, -0.15) is 0 Å². The van der Waals surface area contributed by atoms with Crippen LogP contribution >= 0.6 is 0 Å². The maximum Gasteiger partial charge on any atom is 0.326 e. The Hall–Kier alpha value is -2.91. The first kappa shape index (κ1) is 39.1. The van der Waals surface area contributed by atoms with Crippen LogP contribution in [0.25, 0.3) is 0 Å². The standard InChI is InChI=1S/C34H60N4O6/c1-6-7-8-9-10-11-12-13-14-15-16-17-18-19-20-23-29(39)35-26(4)31(40)36-27(5)33(42)38-24-21-22-28(38)32(41)37-30(25(2)3)34(43)44/h13-14,25-28,30H,6-12,15-24H2,1-5H3,(H,35,39)(H,36,40)(H,37,41)(H,43,44)/b14-13+/t26-,27-,28-,30-/m0/s1. The first-order valence-electron chi connectivity index (χ1n) is 17.1. The lowest BCUT2D eigenvalue weighted by Gasteiger charge is -2.29. The summed E-state index contributed by atoms with van der Waals surface area (Å²) in [6.07, 6.45) is 21.4. The Morgan fingerprint density at radius 2 is 1.34 bits per heavy atom. The average Bonchev–Trinajstić information content (AvgIpc) is 3.47. The maximum atomic E-state index is 13.1. The zero-order chi connectivity index (χ0) is 32.9. The van der Waals surface area contributed by atoms with E-state index < -0.39 is 47.9 Å². The normalized spacial score (nSPS) is 17.0. The minimum Gasteiger partial charge on any atom is -0.480 e. The number of aliphatic carboxylic acids is 1. The number of nitrogens with zero attached hydrogens (tertiary/aromatic N) is 1. The monoisotopic (exact) mass is 620 g/mol. The van der Waals surface area contributed by atoms with Crippen LogP contribution in [-0.2, 0) is 24.0 Å². The maximum absolute atomic E-state index is 13.1. The van der Waals surface area contributed by atoms with E-state index in [1.54, 1.807) is 27.7 Å².